The van der Waals surface area contributed by atoms with Gasteiger partial charge < -0.3 is 14.9 Å². The molecule has 0 aliphatic carbocycles. The van der Waals surface area contributed by atoms with Crippen LogP contribution < -0.4 is 0 Å². The Morgan fingerprint density at radius 2 is 1.81 bits per heavy atom. The number of nitrogens with zero attached hydrogens (tertiary/aromatic N) is 2. The molecule has 0 bridgehead atoms. The van der Waals surface area contributed by atoms with Gasteiger partial charge in [-0.05, 0) is 26.8 Å². The number of hydrogen-bond donors (Lipinski definition) is 1. The molecule has 1 aromatic carbocycles. The maximum atomic E-state index is 13.8. The van der Waals surface area contributed by atoms with Gasteiger partial charge in [-0.3, -0.25) is 4.79 Å². The molecule has 0 radical (unpaired) electrons. The molecular formula is C15H21FN2O3. The normalized spacial score (nSPS) is 12.1. The molecule has 2 amide bonds. The zero-order chi connectivity index (χ0) is 16.2. The summed E-state index contributed by atoms with van der Waals surface area (Å²) in [6.07, 6.45) is 0. The first-order valence-corrected chi connectivity index (χ1v) is 6.75. The van der Waals surface area contributed by atoms with Gasteiger partial charge in [-0.25, -0.2) is 9.18 Å². The molecule has 21 heavy (non-hydrogen) atoms. The van der Waals surface area contributed by atoms with E-state index >= 15 is 0 Å². The Bertz CT molecular complexity index is 519. The number of amides is 2. The summed E-state index contributed by atoms with van der Waals surface area (Å²) in [7, 11) is 1.54. The van der Waals surface area contributed by atoms with E-state index in [1.807, 2.05) is 0 Å². The number of carbonyl (C=O) groups excluding carboxylic acids is 1. The summed E-state index contributed by atoms with van der Waals surface area (Å²) in [5.41, 5.74) is 0.396. The maximum Gasteiger partial charge on any atom is 0.323 e. The molecule has 6 heteroatoms. The van der Waals surface area contributed by atoms with Crippen molar-refractivity contribution in [3.05, 3.63) is 35.6 Å². The number of urea groups is 1. The van der Waals surface area contributed by atoms with Crippen LogP contribution in [0.5, 0.6) is 0 Å². The van der Waals surface area contributed by atoms with Crippen molar-refractivity contribution in [1.82, 2.24) is 9.80 Å². The van der Waals surface area contributed by atoms with E-state index < -0.39 is 18.0 Å². The molecule has 0 heterocycles. The van der Waals surface area contributed by atoms with Crippen molar-refractivity contribution >= 4 is 12.0 Å². The monoisotopic (exact) mass is 296 g/mol. The molecule has 0 aromatic heterocycles. The Labute approximate surface area is 124 Å². The minimum atomic E-state index is -1.08. The van der Waals surface area contributed by atoms with Crippen molar-refractivity contribution in [3.63, 3.8) is 0 Å². The first-order valence-electron chi connectivity index (χ1n) is 6.75. The summed E-state index contributed by atoms with van der Waals surface area (Å²) in [6.45, 7) is 4.80. The minimum Gasteiger partial charge on any atom is -0.480 e. The zero-order valence-corrected chi connectivity index (χ0v) is 12.7. The molecule has 0 saturated carbocycles. The summed E-state index contributed by atoms with van der Waals surface area (Å²) in [4.78, 5) is 25.9. The first-order chi connectivity index (χ1) is 9.75. The molecule has 1 atom stereocenters. The number of carboxylic acids is 1. The summed E-state index contributed by atoms with van der Waals surface area (Å²) >= 11 is 0. The Morgan fingerprint density at radius 1 is 1.24 bits per heavy atom. The highest BCUT2D eigenvalue weighted by atomic mass is 19.1. The van der Waals surface area contributed by atoms with Crippen LogP contribution in [0.15, 0.2) is 24.3 Å². The lowest BCUT2D eigenvalue weighted by atomic mass is 10.1. The Hall–Kier alpha value is -2.11. The second-order valence-corrected chi connectivity index (χ2v) is 5.21. The van der Waals surface area contributed by atoms with Gasteiger partial charge in [0.2, 0.25) is 0 Å². The van der Waals surface area contributed by atoms with Crippen LogP contribution in [-0.4, -0.2) is 46.5 Å². The van der Waals surface area contributed by atoms with Gasteiger partial charge in [-0.2, -0.15) is 0 Å². The number of aliphatic carboxylic acids is 1. The maximum absolute atomic E-state index is 13.8. The van der Waals surface area contributed by atoms with Crippen LogP contribution in [0, 0.1) is 5.82 Å². The van der Waals surface area contributed by atoms with Crippen LogP contribution in [0.1, 0.15) is 32.4 Å². The van der Waals surface area contributed by atoms with Gasteiger partial charge in [0.25, 0.3) is 0 Å². The van der Waals surface area contributed by atoms with Crippen molar-refractivity contribution in [2.45, 2.75) is 32.9 Å². The number of benzene rings is 1. The molecule has 0 saturated heterocycles. The van der Waals surface area contributed by atoms with Gasteiger partial charge in [-0.15, -0.1) is 0 Å². The highest BCUT2D eigenvalue weighted by Gasteiger charge is 2.27. The quantitative estimate of drug-likeness (QED) is 0.909. The van der Waals surface area contributed by atoms with E-state index in [2.05, 4.69) is 0 Å². The van der Waals surface area contributed by atoms with Gasteiger partial charge >= 0.3 is 12.0 Å². The Kier molecular flexibility index (Phi) is 5.69. The average Bonchev–Trinajstić information content (AvgIpc) is 2.42. The third-order valence-corrected chi connectivity index (χ3v) is 3.41. The third-order valence-electron chi connectivity index (χ3n) is 3.41. The predicted octanol–water partition coefficient (Wildman–Crippen LogP) is 2.73. The molecule has 5 nitrogen and oxygen atoms in total. The molecule has 0 aliphatic rings. The molecular weight excluding hydrogens is 275 g/mol. The number of carboxylic acid groups (broad SMARTS) is 1. The number of halogens is 1. The summed E-state index contributed by atoms with van der Waals surface area (Å²) in [6, 6.07) is 5.03. The minimum absolute atomic E-state index is 0.260. The number of rotatable bonds is 5. The van der Waals surface area contributed by atoms with E-state index in [4.69, 9.17) is 5.11 Å². The standard InChI is InChI=1S/C15H21FN2O3/c1-10(2)18(9-14(19)20)15(21)17(4)11(3)12-7-5-6-8-13(12)16/h5-8,10-11H,9H2,1-4H3,(H,19,20). The van der Waals surface area contributed by atoms with E-state index in [0.29, 0.717) is 5.56 Å². The summed E-state index contributed by atoms with van der Waals surface area (Å²) < 4.78 is 13.8. The summed E-state index contributed by atoms with van der Waals surface area (Å²) in [5.74, 6) is -1.47. The molecule has 1 N–H and O–H groups in total. The van der Waals surface area contributed by atoms with Gasteiger partial charge in [0, 0.05) is 18.7 Å². The summed E-state index contributed by atoms with van der Waals surface area (Å²) in [5, 5.41) is 8.89. The van der Waals surface area contributed by atoms with Gasteiger partial charge in [0.05, 0.1) is 6.04 Å². The van der Waals surface area contributed by atoms with E-state index in [0.717, 1.165) is 0 Å². The number of hydrogen-bond acceptors (Lipinski definition) is 2. The molecule has 1 rings (SSSR count). The lowest BCUT2D eigenvalue weighted by Gasteiger charge is -2.33. The Balaban J connectivity index is 2.95. The Morgan fingerprint density at radius 3 is 2.29 bits per heavy atom. The van der Waals surface area contributed by atoms with Gasteiger partial charge in [0.15, 0.2) is 0 Å². The average molecular weight is 296 g/mol. The van der Waals surface area contributed by atoms with Crippen LogP contribution in [0.25, 0.3) is 0 Å². The predicted molar refractivity (Wildman–Crippen MR) is 77.5 cm³/mol. The van der Waals surface area contributed by atoms with Crippen LogP contribution in [0.3, 0.4) is 0 Å². The first kappa shape index (κ1) is 16.9. The van der Waals surface area contributed by atoms with Crippen LogP contribution in [0.4, 0.5) is 9.18 Å². The van der Waals surface area contributed by atoms with Crippen LogP contribution in [0.2, 0.25) is 0 Å². The second kappa shape index (κ2) is 7.06. The van der Waals surface area contributed by atoms with Crippen molar-refractivity contribution in [1.29, 1.82) is 0 Å². The van der Waals surface area contributed by atoms with E-state index in [1.54, 1.807) is 39.0 Å². The third kappa shape index (κ3) is 4.18. The second-order valence-electron chi connectivity index (χ2n) is 5.21. The lowest BCUT2D eigenvalue weighted by Crippen LogP contribution is -2.47. The fourth-order valence-electron chi connectivity index (χ4n) is 2.01. The molecule has 1 aromatic rings. The van der Waals surface area contributed by atoms with Crippen LogP contribution in [-0.2, 0) is 4.79 Å². The largest absolute Gasteiger partial charge is 0.480 e. The van der Waals surface area contributed by atoms with Crippen LogP contribution >= 0.6 is 0 Å². The molecule has 0 spiro atoms. The van der Waals surface area contributed by atoms with Gasteiger partial charge in [-0.1, -0.05) is 18.2 Å². The molecule has 0 fully saturated rings. The van der Waals surface area contributed by atoms with Gasteiger partial charge in [0.1, 0.15) is 12.4 Å². The van der Waals surface area contributed by atoms with Crippen molar-refractivity contribution in [2.75, 3.05) is 13.6 Å². The molecule has 0 aliphatic heterocycles. The molecule has 1 unspecified atom stereocenters. The van der Waals surface area contributed by atoms with Crippen molar-refractivity contribution in [2.24, 2.45) is 0 Å². The number of carbonyl (C=O) groups is 2. The van der Waals surface area contributed by atoms with E-state index in [1.165, 1.54) is 22.9 Å². The zero-order valence-electron chi connectivity index (χ0n) is 12.7. The fraction of sp³-hybridized carbons (Fsp3) is 0.467. The smallest absolute Gasteiger partial charge is 0.323 e. The fourth-order valence-corrected chi connectivity index (χ4v) is 2.01. The lowest BCUT2D eigenvalue weighted by molar-refractivity contribution is -0.138. The van der Waals surface area contributed by atoms with Crippen molar-refractivity contribution in [3.8, 4) is 0 Å². The molecule has 116 valence electrons. The topological polar surface area (TPSA) is 60.9 Å². The van der Waals surface area contributed by atoms with Crippen molar-refractivity contribution < 1.29 is 19.1 Å². The highest BCUT2D eigenvalue weighted by molar-refractivity contribution is 5.80. The van der Waals surface area contributed by atoms with E-state index in [-0.39, 0.29) is 18.4 Å². The SMILES string of the molecule is CC(c1ccccc1F)N(C)C(=O)N(CC(=O)O)C(C)C. The van der Waals surface area contributed by atoms with E-state index in [9.17, 15) is 14.0 Å². The highest BCUT2D eigenvalue weighted by Crippen LogP contribution is 2.23.